The van der Waals surface area contributed by atoms with Gasteiger partial charge in [-0.05, 0) is 88.8 Å². The van der Waals surface area contributed by atoms with Crippen LogP contribution in [0.15, 0.2) is 30.6 Å². The number of ether oxygens (including phenoxy) is 1. The standard InChI is InChI=1S/C36H47N5O3/c1-22-30(26-10-11-27-20-41(15-12-25(27)18-26)29-19-28(24-8-9-24)37-21-38-29)32(40-16-13-36(6,7)14-17-40)31(23(2)39-22)33(34(42)43)44-35(3,4)5/h10-11,18-19,21,24,33H,8-9,12-17,20H2,1-7H3,(H,42,43). The number of carboxylic acids is 1. The lowest BCUT2D eigenvalue weighted by Crippen LogP contribution is -2.39. The van der Waals surface area contributed by atoms with E-state index < -0.39 is 17.7 Å². The molecule has 3 aromatic rings. The first kappa shape index (κ1) is 30.5. The Bertz CT molecular complexity index is 1560. The summed E-state index contributed by atoms with van der Waals surface area (Å²) in [4.78, 5) is 31.7. The number of rotatable bonds is 7. The molecule has 1 N–H and O–H groups in total. The molecule has 0 amide bonds. The van der Waals surface area contributed by atoms with Crippen LogP contribution in [0.4, 0.5) is 11.5 Å². The topological polar surface area (TPSA) is 91.7 Å². The van der Waals surface area contributed by atoms with Crippen LogP contribution in [0, 0.1) is 19.3 Å². The van der Waals surface area contributed by atoms with Crippen LogP contribution in [0.2, 0.25) is 0 Å². The number of carbonyl (C=O) groups is 1. The maximum absolute atomic E-state index is 12.8. The Kier molecular flexibility index (Phi) is 7.93. The monoisotopic (exact) mass is 597 g/mol. The van der Waals surface area contributed by atoms with Crippen molar-refractivity contribution in [2.75, 3.05) is 29.4 Å². The zero-order valence-corrected chi connectivity index (χ0v) is 27.4. The van der Waals surface area contributed by atoms with Gasteiger partial charge in [0.25, 0.3) is 0 Å². The van der Waals surface area contributed by atoms with E-state index in [1.54, 1.807) is 6.33 Å². The average molecular weight is 598 g/mol. The minimum Gasteiger partial charge on any atom is -0.479 e. The third-order valence-corrected chi connectivity index (χ3v) is 9.47. The van der Waals surface area contributed by atoms with Crippen molar-refractivity contribution in [3.8, 4) is 11.1 Å². The molecule has 2 aliphatic heterocycles. The molecular weight excluding hydrogens is 550 g/mol. The highest BCUT2D eigenvalue weighted by Gasteiger charge is 2.37. The predicted octanol–water partition coefficient (Wildman–Crippen LogP) is 7.16. The first-order chi connectivity index (χ1) is 20.8. The van der Waals surface area contributed by atoms with Gasteiger partial charge in [0.15, 0.2) is 6.10 Å². The number of pyridine rings is 1. The number of fused-ring (bicyclic) bond motifs is 1. The van der Waals surface area contributed by atoms with E-state index in [1.807, 2.05) is 27.7 Å². The number of hydrogen-bond donors (Lipinski definition) is 1. The molecule has 0 bridgehead atoms. The number of carboxylic acid groups (broad SMARTS) is 1. The van der Waals surface area contributed by atoms with E-state index in [4.69, 9.17) is 9.72 Å². The summed E-state index contributed by atoms with van der Waals surface area (Å²) < 4.78 is 6.26. The molecule has 234 valence electrons. The Morgan fingerprint density at radius 3 is 2.39 bits per heavy atom. The lowest BCUT2D eigenvalue weighted by atomic mass is 9.81. The molecule has 0 spiro atoms. The Morgan fingerprint density at radius 1 is 1.00 bits per heavy atom. The highest BCUT2D eigenvalue weighted by Crippen LogP contribution is 2.45. The van der Waals surface area contributed by atoms with Gasteiger partial charge < -0.3 is 19.6 Å². The van der Waals surface area contributed by atoms with Gasteiger partial charge in [-0.25, -0.2) is 14.8 Å². The first-order valence-electron chi connectivity index (χ1n) is 16.2. The Balaban J connectivity index is 1.41. The highest BCUT2D eigenvalue weighted by molar-refractivity contribution is 5.88. The van der Waals surface area contributed by atoms with E-state index >= 15 is 0 Å². The van der Waals surface area contributed by atoms with Crippen molar-refractivity contribution < 1.29 is 14.6 Å². The molecule has 0 radical (unpaired) electrons. The molecule has 1 unspecified atom stereocenters. The molecule has 1 saturated carbocycles. The van der Waals surface area contributed by atoms with Crippen molar-refractivity contribution in [3.63, 3.8) is 0 Å². The minimum absolute atomic E-state index is 0.253. The lowest BCUT2D eigenvalue weighted by molar-refractivity contribution is -0.160. The van der Waals surface area contributed by atoms with Gasteiger partial charge in [-0.2, -0.15) is 0 Å². The number of anilines is 2. The van der Waals surface area contributed by atoms with Crippen LogP contribution in [-0.2, 0) is 22.5 Å². The summed E-state index contributed by atoms with van der Waals surface area (Å²) >= 11 is 0. The number of benzene rings is 1. The first-order valence-corrected chi connectivity index (χ1v) is 16.2. The van der Waals surface area contributed by atoms with E-state index in [9.17, 15) is 9.90 Å². The summed E-state index contributed by atoms with van der Waals surface area (Å²) in [6, 6.07) is 8.91. The fourth-order valence-electron chi connectivity index (χ4n) is 6.80. The van der Waals surface area contributed by atoms with Gasteiger partial charge in [-0.3, -0.25) is 4.98 Å². The fraction of sp³-hybridized carbons (Fsp3) is 0.556. The summed E-state index contributed by atoms with van der Waals surface area (Å²) in [5, 5.41) is 10.5. The van der Waals surface area contributed by atoms with Crippen molar-refractivity contribution in [1.82, 2.24) is 15.0 Å². The van der Waals surface area contributed by atoms with Gasteiger partial charge in [0.05, 0.1) is 11.3 Å². The number of aliphatic carboxylic acids is 1. The maximum atomic E-state index is 12.8. The van der Waals surface area contributed by atoms with Crippen molar-refractivity contribution in [3.05, 3.63) is 64.4 Å². The zero-order chi connectivity index (χ0) is 31.4. The van der Waals surface area contributed by atoms with E-state index in [1.165, 1.54) is 24.0 Å². The number of aromatic nitrogens is 3. The Hall–Kier alpha value is -3.52. The smallest absolute Gasteiger partial charge is 0.337 e. The van der Waals surface area contributed by atoms with E-state index in [0.717, 1.165) is 79.5 Å². The van der Waals surface area contributed by atoms with Gasteiger partial charge in [-0.15, -0.1) is 0 Å². The quantitative estimate of drug-likeness (QED) is 0.307. The zero-order valence-electron chi connectivity index (χ0n) is 27.4. The van der Waals surface area contributed by atoms with Crippen LogP contribution >= 0.6 is 0 Å². The van der Waals surface area contributed by atoms with Crippen LogP contribution in [0.5, 0.6) is 0 Å². The molecule has 3 aliphatic rings. The lowest BCUT2D eigenvalue weighted by Gasteiger charge is -2.41. The van der Waals surface area contributed by atoms with Crippen LogP contribution in [0.25, 0.3) is 11.1 Å². The van der Waals surface area contributed by atoms with Crippen molar-refractivity contribution in [1.29, 1.82) is 0 Å². The maximum Gasteiger partial charge on any atom is 0.337 e. The fourth-order valence-corrected chi connectivity index (χ4v) is 6.80. The Morgan fingerprint density at radius 2 is 1.73 bits per heavy atom. The van der Waals surface area contributed by atoms with Gasteiger partial charge in [-0.1, -0.05) is 32.0 Å². The Labute approximate surface area is 261 Å². The van der Waals surface area contributed by atoms with Crippen molar-refractivity contribution >= 4 is 17.5 Å². The summed E-state index contributed by atoms with van der Waals surface area (Å²) in [5.74, 6) is 0.620. The SMILES string of the molecule is Cc1nc(C)c(C(OC(C)(C)C)C(=O)O)c(N2CCC(C)(C)CC2)c1-c1ccc2c(c1)CCN(c1cc(C3CC3)ncn1)C2. The number of aryl methyl sites for hydroxylation is 2. The van der Waals surface area contributed by atoms with Crippen LogP contribution < -0.4 is 9.80 Å². The molecule has 8 heteroatoms. The third-order valence-electron chi connectivity index (χ3n) is 9.47. The highest BCUT2D eigenvalue weighted by atomic mass is 16.5. The van der Waals surface area contributed by atoms with Gasteiger partial charge in [0, 0.05) is 66.4 Å². The second-order valence-electron chi connectivity index (χ2n) is 14.8. The molecule has 1 aliphatic carbocycles. The van der Waals surface area contributed by atoms with Gasteiger partial charge >= 0.3 is 5.97 Å². The molecule has 44 heavy (non-hydrogen) atoms. The van der Waals surface area contributed by atoms with Gasteiger partial charge in [0.2, 0.25) is 0 Å². The predicted molar refractivity (Wildman–Crippen MR) is 174 cm³/mol. The number of nitrogens with zero attached hydrogens (tertiary/aromatic N) is 5. The third kappa shape index (κ3) is 6.32. The van der Waals surface area contributed by atoms with E-state index in [0.29, 0.717) is 17.2 Å². The largest absolute Gasteiger partial charge is 0.479 e. The summed E-state index contributed by atoms with van der Waals surface area (Å²) in [6.45, 7) is 17.8. The molecule has 4 heterocycles. The van der Waals surface area contributed by atoms with Crippen LogP contribution in [0.3, 0.4) is 0 Å². The van der Waals surface area contributed by atoms with Crippen LogP contribution in [0.1, 0.15) is 106 Å². The number of hydrogen-bond acceptors (Lipinski definition) is 7. The second kappa shape index (κ2) is 11.4. The molecule has 2 fully saturated rings. The molecule has 2 aromatic heterocycles. The van der Waals surface area contributed by atoms with Crippen molar-refractivity contribution in [2.24, 2.45) is 5.41 Å². The second-order valence-corrected chi connectivity index (χ2v) is 14.8. The normalized spacial score (nSPS) is 19.1. The summed E-state index contributed by atoms with van der Waals surface area (Å²) in [7, 11) is 0. The molecule has 1 atom stereocenters. The van der Waals surface area contributed by atoms with E-state index in [-0.39, 0.29) is 5.41 Å². The molecule has 1 saturated heterocycles. The van der Waals surface area contributed by atoms with E-state index in [2.05, 4.69) is 64.8 Å². The summed E-state index contributed by atoms with van der Waals surface area (Å²) in [5.41, 5.74) is 8.77. The molecular formula is C36H47N5O3. The number of piperidine rings is 1. The molecule has 1 aromatic carbocycles. The summed E-state index contributed by atoms with van der Waals surface area (Å²) in [6.07, 6.45) is 6.03. The minimum atomic E-state index is -1.12. The molecule has 8 nitrogen and oxygen atoms in total. The van der Waals surface area contributed by atoms with Crippen LogP contribution in [-0.4, -0.2) is 51.3 Å². The van der Waals surface area contributed by atoms with Crippen molar-refractivity contribution in [2.45, 2.75) is 105 Å². The molecule has 6 rings (SSSR count). The average Bonchev–Trinajstić information content (AvgIpc) is 3.81. The van der Waals surface area contributed by atoms with Gasteiger partial charge in [0.1, 0.15) is 12.1 Å².